The van der Waals surface area contributed by atoms with E-state index in [1.54, 1.807) is 0 Å². The summed E-state index contributed by atoms with van der Waals surface area (Å²) in [6.07, 6.45) is 4.09. The van der Waals surface area contributed by atoms with Gasteiger partial charge in [0.2, 0.25) is 0 Å². The number of rotatable bonds is 2. The van der Waals surface area contributed by atoms with E-state index in [2.05, 4.69) is 28.1 Å². The number of aldehydes is 1. The van der Waals surface area contributed by atoms with Crippen LogP contribution in [0.4, 0.5) is 0 Å². The Labute approximate surface area is 92.0 Å². The molecule has 0 aromatic heterocycles. The van der Waals surface area contributed by atoms with Crippen molar-refractivity contribution in [3.05, 3.63) is 39.9 Å². The predicted molar refractivity (Wildman–Crippen MR) is 61.0 cm³/mol. The summed E-state index contributed by atoms with van der Waals surface area (Å²) in [5.41, 5.74) is 3.40. The van der Waals surface area contributed by atoms with Crippen LogP contribution in [0.25, 0.3) is 5.57 Å². The van der Waals surface area contributed by atoms with Gasteiger partial charge in [0.1, 0.15) is 6.29 Å². The first-order chi connectivity index (χ1) is 6.81. The van der Waals surface area contributed by atoms with Gasteiger partial charge >= 0.3 is 0 Å². The molecule has 0 heterocycles. The minimum Gasteiger partial charge on any atom is -0.298 e. The summed E-state index contributed by atoms with van der Waals surface area (Å²) >= 11 is 3.40. The van der Waals surface area contributed by atoms with E-state index >= 15 is 0 Å². The number of benzene rings is 1. The number of carbonyl (C=O) groups excluding carboxylic acids is 1. The van der Waals surface area contributed by atoms with Crippen LogP contribution in [-0.2, 0) is 4.79 Å². The molecular weight excluding hydrogens is 240 g/mol. The molecule has 0 saturated heterocycles. The third-order valence-corrected chi connectivity index (χ3v) is 3.12. The number of hydrogen-bond donors (Lipinski definition) is 0. The fourth-order valence-corrected chi connectivity index (χ4v) is 2.14. The third-order valence-electron chi connectivity index (χ3n) is 2.60. The second-order valence-corrected chi connectivity index (χ2v) is 4.40. The quantitative estimate of drug-likeness (QED) is 0.734. The Kier molecular flexibility index (Phi) is 2.82. The van der Waals surface area contributed by atoms with Gasteiger partial charge in [-0.3, -0.25) is 4.79 Å². The molecule has 0 N–H and O–H groups in total. The second kappa shape index (κ2) is 4.09. The van der Waals surface area contributed by atoms with Crippen LogP contribution in [0, 0.1) is 0 Å². The molecule has 1 aliphatic carbocycles. The summed E-state index contributed by atoms with van der Waals surface area (Å²) in [5, 5.41) is 0. The lowest BCUT2D eigenvalue weighted by Crippen LogP contribution is -1.85. The van der Waals surface area contributed by atoms with Crippen molar-refractivity contribution in [3.63, 3.8) is 0 Å². The van der Waals surface area contributed by atoms with Crippen molar-refractivity contribution in [2.75, 3.05) is 0 Å². The number of carbonyl (C=O) groups is 1. The molecule has 0 unspecified atom stereocenters. The molecule has 1 aromatic rings. The second-order valence-electron chi connectivity index (χ2n) is 3.48. The van der Waals surface area contributed by atoms with Crippen LogP contribution >= 0.6 is 15.9 Å². The Hall–Kier alpha value is -0.890. The highest BCUT2D eigenvalue weighted by atomic mass is 79.9. The van der Waals surface area contributed by atoms with Crippen molar-refractivity contribution in [2.24, 2.45) is 0 Å². The Morgan fingerprint density at radius 2 is 1.86 bits per heavy atom. The van der Waals surface area contributed by atoms with Crippen LogP contribution in [0.15, 0.2) is 34.3 Å². The van der Waals surface area contributed by atoms with E-state index in [0.29, 0.717) is 0 Å². The van der Waals surface area contributed by atoms with Gasteiger partial charge in [0, 0.05) is 4.47 Å². The maximum atomic E-state index is 10.8. The summed E-state index contributed by atoms with van der Waals surface area (Å²) in [6.45, 7) is 0. The number of allylic oxidation sites excluding steroid dienone is 2. The van der Waals surface area contributed by atoms with Crippen LogP contribution in [0.2, 0.25) is 0 Å². The van der Waals surface area contributed by atoms with Crippen molar-refractivity contribution in [3.8, 4) is 0 Å². The molecule has 0 spiro atoms. The van der Waals surface area contributed by atoms with Gasteiger partial charge < -0.3 is 0 Å². The number of hydrogen-bond acceptors (Lipinski definition) is 1. The van der Waals surface area contributed by atoms with Gasteiger partial charge in [0.15, 0.2) is 0 Å². The molecule has 0 saturated carbocycles. The van der Waals surface area contributed by atoms with Crippen molar-refractivity contribution >= 4 is 27.8 Å². The Bertz CT molecular complexity index is 376. The summed E-state index contributed by atoms with van der Waals surface area (Å²) < 4.78 is 1.08. The molecule has 0 amide bonds. The Balaban J connectivity index is 2.39. The SMILES string of the molecule is O=CC1=C(c2ccc(Br)cc2)CCC1. The summed E-state index contributed by atoms with van der Waals surface area (Å²) in [4.78, 5) is 10.8. The zero-order valence-electron chi connectivity index (χ0n) is 7.79. The van der Waals surface area contributed by atoms with Crippen LogP contribution in [-0.4, -0.2) is 6.29 Å². The fraction of sp³-hybridized carbons (Fsp3) is 0.250. The van der Waals surface area contributed by atoms with Crippen LogP contribution < -0.4 is 0 Å². The van der Waals surface area contributed by atoms with Crippen molar-refractivity contribution in [2.45, 2.75) is 19.3 Å². The van der Waals surface area contributed by atoms with Gasteiger partial charge in [0.25, 0.3) is 0 Å². The van der Waals surface area contributed by atoms with Gasteiger partial charge in [-0.2, -0.15) is 0 Å². The molecule has 0 bridgehead atoms. The maximum absolute atomic E-state index is 10.8. The van der Waals surface area contributed by atoms with Crippen molar-refractivity contribution < 1.29 is 4.79 Å². The topological polar surface area (TPSA) is 17.1 Å². The first kappa shape index (κ1) is 9.66. The highest BCUT2D eigenvalue weighted by Gasteiger charge is 2.14. The fourth-order valence-electron chi connectivity index (χ4n) is 1.88. The summed E-state index contributed by atoms with van der Waals surface area (Å²) in [7, 11) is 0. The largest absolute Gasteiger partial charge is 0.298 e. The highest BCUT2D eigenvalue weighted by Crippen LogP contribution is 2.32. The Morgan fingerprint density at radius 3 is 2.50 bits per heavy atom. The smallest absolute Gasteiger partial charge is 0.146 e. The zero-order valence-corrected chi connectivity index (χ0v) is 9.38. The molecule has 2 heteroatoms. The standard InChI is InChI=1S/C12H11BrO/c13-11-6-4-9(5-7-11)12-3-1-2-10(12)8-14/h4-8H,1-3H2. The highest BCUT2D eigenvalue weighted by molar-refractivity contribution is 9.10. The molecule has 1 aliphatic rings. The monoisotopic (exact) mass is 250 g/mol. The lowest BCUT2D eigenvalue weighted by atomic mass is 10.0. The number of halogens is 1. The van der Waals surface area contributed by atoms with Gasteiger partial charge in [-0.1, -0.05) is 28.1 Å². The molecule has 0 radical (unpaired) electrons. The van der Waals surface area contributed by atoms with E-state index in [1.807, 2.05) is 12.1 Å². The zero-order chi connectivity index (χ0) is 9.97. The summed E-state index contributed by atoms with van der Waals surface area (Å²) in [5.74, 6) is 0. The minimum atomic E-state index is 0.939. The average Bonchev–Trinajstić information content (AvgIpc) is 2.67. The van der Waals surface area contributed by atoms with Gasteiger partial charge in [-0.15, -0.1) is 0 Å². The molecule has 1 aromatic carbocycles. The van der Waals surface area contributed by atoms with E-state index in [9.17, 15) is 4.79 Å². The van der Waals surface area contributed by atoms with Crippen LogP contribution in [0.5, 0.6) is 0 Å². The molecule has 0 aliphatic heterocycles. The first-order valence-electron chi connectivity index (χ1n) is 4.74. The van der Waals surface area contributed by atoms with Gasteiger partial charge in [0.05, 0.1) is 0 Å². The third kappa shape index (κ3) is 1.80. The predicted octanol–water partition coefficient (Wildman–Crippen LogP) is 3.59. The molecule has 14 heavy (non-hydrogen) atoms. The lowest BCUT2D eigenvalue weighted by molar-refractivity contribution is -0.104. The van der Waals surface area contributed by atoms with Crippen molar-refractivity contribution in [1.29, 1.82) is 0 Å². The normalized spacial score (nSPS) is 16.1. The van der Waals surface area contributed by atoms with E-state index in [-0.39, 0.29) is 0 Å². The minimum absolute atomic E-state index is 0.939. The van der Waals surface area contributed by atoms with Crippen molar-refractivity contribution in [1.82, 2.24) is 0 Å². The van der Waals surface area contributed by atoms with Gasteiger partial charge in [-0.05, 0) is 48.1 Å². The molecular formula is C12H11BrO. The maximum Gasteiger partial charge on any atom is 0.146 e. The van der Waals surface area contributed by atoms with Crippen LogP contribution in [0.1, 0.15) is 24.8 Å². The van der Waals surface area contributed by atoms with E-state index in [0.717, 1.165) is 35.6 Å². The van der Waals surface area contributed by atoms with Crippen LogP contribution in [0.3, 0.4) is 0 Å². The summed E-state index contributed by atoms with van der Waals surface area (Å²) in [6, 6.07) is 8.16. The average molecular weight is 251 g/mol. The van der Waals surface area contributed by atoms with Gasteiger partial charge in [-0.25, -0.2) is 0 Å². The Morgan fingerprint density at radius 1 is 1.14 bits per heavy atom. The van der Waals surface area contributed by atoms with E-state index in [1.165, 1.54) is 11.1 Å². The first-order valence-corrected chi connectivity index (χ1v) is 5.53. The molecule has 2 rings (SSSR count). The molecule has 0 atom stereocenters. The molecule has 0 fully saturated rings. The molecule has 72 valence electrons. The lowest BCUT2D eigenvalue weighted by Gasteiger charge is -2.03. The van der Waals surface area contributed by atoms with E-state index < -0.39 is 0 Å². The molecule has 1 nitrogen and oxygen atoms in total. The van der Waals surface area contributed by atoms with E-state index in [4.69, 9.17) is 0 Å².